The average Bonchev–Trinajstić information content (AvgIpc) is 2.98. The van der Waals surface area contributed by atoms with E-state index in [1.54, 1.807) is 0 Å². The lowest BCUT2D eigenvalue weighted by molar-refractivity contribution is 0.338. The number of hydrogen-bond acceptors (Lipinski definition) is 5. The summed E-state index contributed by atoms with van der Waals surface area (Å²) in [4.78, 5) is 6.81. The van der Waals surface area contributed by atoms with Gasteiger partial charge in [0.15, 0.2) is 0 Å². The molecule has 3 heterocycles. The van der Waals surface area contributed by atoms with Gasteiger partial charge >= 0.3 is 0 Å². The first kappa shape index (κ1) is 11.0. The Balaban J connectivity index is 1.73. The van der Waals surface area contributed by atoms with Gasteiger partial charge in [-0.2, -0.15) is 4.98 Å². The number of aromatic nitrogens is 2. The van der Waals surface area contributed by atoms with Crippen molar-refractivity contribution in [2.45, 2.75) is 32.1 Å². The molecule has 2 saturated heterocycles. The summed E-state index contributed by atoms with van der Waals surface area (Å²) in [5, 5.41) is 7.50. The molecule has 2 unspecified atom stereocenters. The van der Waals surface area contributed by atoms with Crippen molar-refractivity contribution in [3.63, 3.8) is 0 Å². The lowest BCUT2D eigenvalue weighted by Gasteiger charge is -2.24. The predicted molar refractivity (Wildman–Crippen MR) is 65.1 cm³/mol. The lowest BCUT2D eigenvalue weighted by atomic mass is 9.98. The van der Waals surface area contributed by atoms with Crippen molar-refractivity contribution in [2.24, 2.45) is 5.92 Å². The third kappa shape index (κ3) is 2.16. The Hall–Kier alpha value is -1.10. The Kier molecular flexibility index (Phi) is 3.01. The summed E-state index contributed by atoms with van der Waals surface area (Å²) in [6.45, 7) is 6.37. The van der Waals surface area contributed by atoms with E-state index in [4.69, 9.17) is 4.52 Å². The largest absolute Gasteiger partial charge is 0.338 e. The summed E-state index contributed by atoms with van der Waals surface area (Å²) in [5.41, 5.74) is 0. The summed E-state index contributed by atoms with van der Waals surface area (Å²) in [7, 11) is 0. The molecule has 2 aliphatic rings. The molecule has 17 heavy (non-hydrogen) atoms. The van der Waals surface area contributed by atoms with Gasteiger partial charge in [0, 0.05) is 19.6 Å². The molecule has 0 aliphatic carbocycles. The molecule has 0 radical (unpaired) electrons. The van der Waals surface area contributed by atoms with Crippen LogP contribution >= 0.6 is 0 Å². The van der Waals surface area contributed by atoms with Gasteiger partial charge in [0.25, 0.3) is 5.95 Å². The minimum absolute atomic E-state index is 0.390. The fourth-order valence-electron chi connectivity index (χ4n) is 2.74. The Labute approximate surface area is 102 Å². The smallest absolute Gasteiger partial charge is 0.266 e. The van der Waals surface area contributed by atoms with Gasteiger partial charge in [0.2, 0.25) is 5.89 Å². The maximum atomic E-state index is 5.43. The highest BCUT2D eigenvalue weighted by Gasteiger charge is 2.30. The predicted octanol–water partition coefficient (Wildman–Crippen LogP) is 1.38. The van der Waals surface area contributed by atoms with E-state index in [1.165, 1.54) is 19.3 Å². The monoisotopic (exact) mass is 236 g/mol. The highest BCUT2D eigenvalue weighted by atomic mass is 16.5. The molecule has 3 rings (SSSR count). The Morgan fingerprint density at radius 2 is 2.06 bits per heavy atom. The standard InChI is InChI=1S/C12H20N4O/c1-9-7-13-8-10(9)11-14-12(15-17-11)16-5-3-2-4-6-16/h9-10,13H,2-8H2,1H3. The second kappa shape index (κ2) is 4.64. The van der Waals surface area contributed by atoms with Crippen molar-refractivity contribution >= 4 is 5.95 Å². The van der Waals surface area contributed by atoms with Crippen LogP contribution in [0.2, 0.25) is 0 Å². The van der Waals surface area contributed by atoms with Crippen LogP contribution in [0.4, 0.5) is 5.95 Å². The van der Waals surface area contributed by atoms with Crippen molar-refractivity contribution in [2.75, 3.05) is 31.1 Å². The molecule has 5 nitrogen and oxygen atoms in total. The van der Waals surface area contributed by atoms with E-state index in [1.807, 2.05) is 0 Å². The van der Waals surface area contributed by atoms with Crippen LogP contribution < -0.4 is 10.2 Å². The molecule has 0 bridgehead atoms. The molecule has 1 aromatic rings. The van der Waals surface area contributed by atoms with Crippen LogP contribution in [-0.2, 0) is 0 Å². The zero-order valence-electron chi connectivity index (χ0n) is 10.4. The molecule has 0 amide bonds. The van der Waals surface area contributed by atoms with Gasteiger partial charge in [-0.3, -0.25) is 0 Å². The minimum Gasteiger partial charge on any atom is -0.338 e. The maximum absolute atomic E-state index is 5.43. The van der Waals surface area contributed by atoms with Crippen LogP contribution in [-0.4, -0.2) is 36.3 Å². The minimum atomic E-state index is 0.390. The maximum Gasteiger partial charge on any atom is 0.266 e. The van der Waals surface area contributed by atoms with E-state index < -0.39 is 0 Å². The van der Waals surface area contributed by atoms with Gasteiger partial charge in [-0.1, -0.05) is 6.92 Å². The van der Waals surface area contributed by atoms with E-state index in [2.05, 4.69) is 27.3 Å². The van der Waals surface area contributed by atoms with E-state index in [0.29, 0.717) is 11.8 Å². The topological polar surface area (TPSA) is 54.2 Å². The van der Waals surface area contributed by atoms with Gasteiger partial charge in [0.05, 0.1) is 5.92 Å². The van der Waals surface area contributed by atoms with Crippen molar-refractivity contribution in [1.29, 1.82) is 0 Å². The fraction of sp³-hybridized carbons (Fsp3) is 0.833. The van der Waals surface area contributed by atoms with Crippen LogP contribution in [0.25, 0.3) is 0 Å². The molecular formula is C12H20N4O. The SMILES string of the molecule is CC1CNCC1c1nc(N2CCCCC2)no1. The highest BCUT2D eigenvalue weighted by molar-refractivity contribution is 5.28. The van der Waals surface area contributed by atoms with Gasteiger partial charge < -0.3 is 14.7 Å². The first-order valence-electron chi connectivity index (χ1n) is 6.64. The number of anilines is 1. The van der Waals surface area contributed by atoms with Crippen molar-refractivity contribution in [1.82, 2.24) is 15.5 Å². The number of nitrogens with one attached hydrogen (secondary N) is 1. The van der Waals surface area contributed by atoms with Crippen LogP contribution in [0.5, 0.6) is 0 Å². The van der Waals surface area contributed by atoms with Crippen LogP contribution in [0.3, 0.4) is 0 Å². The lowest BCUT2D eigenvalue weighted by Crippen LogP contribution is -2.30. The quantitative estimate of drug-likeness (QED) is 0.840. The summed E-state index contributed by atoms with van der Waals surface area (Å²) < 4.78 is 5.43. The molecule has 2 aliphatic heterocycles. The third-order valence-corrected chi connectivity index (χ3v) is 3.90. The number of rotatable bonds is 2. The van der Waals surface area contributed by atoms with E-state index in [0.717, 1.165) is 38.0 Å². The van der Waals surface area contributed by atoms with Gasteiger partial charge in [-0.05, 0) is 36.9 Å². The molecule has 5 heteroatoms. The molecule has 0 spiro atoms. The zero-order valence-corrected chi connectivity index (χ0v) is 10.4. The fourth-order valence-corrected chi connectivity index (χ4v) is 2.74. The van der Waals surface area contributed by atoms with E-state index >= 15 is 0 Å². The Bertz CT molecular complexity index is 372. The van der Waals surface area contributed by atoms with Crippen LogP contribution in [0, 0.1) is 5.92 Å². The van der Waals surface area contributed by atoms with Gasteiger partial charge in [0.1, 0.15) is 0 Å². The summed E-state index contributed by atoms with van der Waals surface area (Å²) >= 11 is 0. The van der Waals surface area contributed by atoms with E-state index in [9.17, 15) is 0 Å². The molecule has 1 aromatic heterocycles. The number of piperidine rings is 1. The van der Waals surface area contributed by atoms with Crippen LogP contribution in [0.1, 0.15) is 38.0 Å². The van der Waals surface area contributed by atoms with Crippen molar-refractivity contribution in [3.05, 3.63) is 5.89 Å². The average molecular weight is 236 g/mol. The third-order valence-electron chi connectivity index (χ3n) is 3.90. The second-order valence-corrected chi connectivity index (χ2v) is 5.22. The van der Waals surface area contributed by atoms with E-state index in [-0.39, 0.29) is 0 Å². The van der Waals surface area contributed by atoms with Gasteiger partial charge in [-0.15, -0.1) is 0 Å². The highest BCUT2D eigenvalue weighted by Crippen LogP contribution is 2.28. The number of hydrogen-bond donors (Lipinski definition) is 1. The van der Waals surface area contributed by atoms with Crippen molar-refractivity contribution in [3.8, 4) is 0 Å². The molecule has 2 fully saturated rings. The zero-order chi connectivity index (χ0) is 11.7. The molecule has 2 atom stereocenters. The molecule has 94 valence electrons. The second-order valence-electron chi connectivity index (χ2n) is 5.22. The normalized spacial score (nSPS) is 29.8. The summed E-state index contributed by atoms with van der Waals surface area (Å²) in [6, 6.07) is 0. The molecule has 0 saturated carbocycles. The summed E-state index contributed by atoms with van der Waals surface area (Å²) in [5.74, 6) is 2.58. The van der Waals surface area contributed by atoms with Crippen molar-refractivity contribution < 1.29 is 4.52 Å². The molecular weight excluding hydrogens is 216 g/mol. The van der Waals surface area contributed by atoms with Crippen LogP contribution in [0.15, 0.2) is 4.52 Å². The first-order chi connectivity index (χ1) is 8.34. The van der Waals surface area contributed by atoms with Gasteiger partial charge in [-0.25, -0.2) is 0 Å². The number of nitrogens with zero attached hydrogens (tertiary/aromatic N) is 3. The molecule has 0 aromatic carbocycles. The Morgan fingerprint density at radius 1 is 1.24 bits per heavy atom. The first-order valence-corrected chi connectivity index (χ1v) is 6.64. The molecule has 1 N–H and O–H groups in total. The summed E-state index contributed by atoms with van der Waals surface area (Å²) in [6.07, 6.45) is 3.81. The Morgan fingerprint density at radius 3 is 2.76 bits per heavy atom.